The summed E-state index contributed by atoms with van der Waals surface area (Å²) >= 11 is 0. The maximum absolute atomic E-state index is 12.0. The Morgan fingerprint density at radius 3 is 2.94 bits per heavy atom. The lowest BCUT2D eigenvalue weighted by Gasteiger charge is -2.30. The summed E-state index contributed by atoms with van der Waals surface area (Å²) in [7, 11) is 1.76. The van der Waals surface area contributed by atoms with E-state index in [1.165, 1.54) is 0 Å². The van der Waals surface area contributed by atoms with Crippen molar-refractivity contribution in [2.45, 2.75) is 43.9 Å². The Kier molecular flexibility index (Phi) is 4.19. The van der Waals surface area contributed by atoms with Crippen molar-refractivity contribution in [2.75, 3.05) is 20.1 Å². The van der Waals surface area contributed by atoms with Gasteiger partial charge in [-0.15, -0.1) is 0 Å². The molecule has 1 unspecified atom stereocenters. The summed E-state index contributed by atoms with van der Waals surface area (Å²) in [5.41, 5.74) is 5.50. The normalized spacial score (nSPS) is 32.7. The smallest absolute Gasteiger partial charge is 0.249 e. The van der Waals surface area contributed by atoms with Crippen molar-refractivity contribution in [1.29, 1.82) is 0 Å². The van der Waals surface area contributed by atoms with Crippen LogP contribution >= 0.6 is 0 Å². The second-order valence-electron chi connectivity index (χ2n) is 5.02. The Morgan fingerprint density at radius 2 is 2.28 bits per heavy atom. The summed E-state index contributed by atoms with van der Waals surface area (Å²) in [5, 5.41) is 2.79. The fraction of sp³-hybridized carbons (Fsp3) is 0.833. The topological polar surface area (TPSA) is 84.7 Å². The maximum atomic E-state index is 12.0. The quantitative estimate of drug-likeness (QED) is 0.693. The van der Waals surface area contributed by atoms with E-state index in [2.05, 4.69) is 5.32 Å². The lowest BCUT2D eigenvalue weighted by atomic mass is 10.0. The molecule has 2 rings (SSSR count). The zero-order chi connectivity index (χ0) is 13.1. The molecule has 2 aliphatic heterocycles. The molecule has 0 aromatic heterocycles. The van der Waals surface area contributed by atoms with Gasteiger partial charge < -0.3 is 20.7 Å². The van der Waals surface area contributed by atoms with Crippen molar-refractivity contribution in [3.8, 4) is 0 Å². The molecule has 6 heteroatoms. The predicted octanol–water partition coefficient (Wildman–Crippen LogP) is -0.770. The minimum Gasteiger partial charge on any atom is -0.364 e. The Hall–Kier alpha value is -1.14. The van der Waals surface area contributed by atoms with Gasteiger partial charge in [-0.1, -0.05) is 0 Å². The van der Waals surface area contributed by atoms with E-state index in [0.29, 0.717) is 19.4 Å². The number of hydrogen-bond acceptors (Lipinski definition) is 4. The first-order valence-electron chi connectivity index (χ1n) is 6.52. The molecule has 0 saturated carbocycles. The van der Waals surface area contributed by atoms with E-state index in [1.807, 2.05) is 0 Å². The molecule has 0 aliphatic carbocycles. The van der Waals surface area contributed by atoms with Gasteiger partial charge in [0.25, 0.3) is 0 Å². The molecule has 18 heavy (non-hydrogen) atoms. The molecule has 2 heterocycles. The molecule has 3 atom stereocenters. The molecule has 2 amide bonds. The van der Waals surface area contributed by atoms with Crippen LogP contribution in [0.3, 0.4) is 0 Å². The number of hydrogen-bond donors (Lipinski definition) is 2. The van der Waals surface area contributed by atoms with Crippen LogP contribution in [0.1, 0.15) is 25.7 Å². The van der Waals surface area contributed by atoms with E-state index < -0.39 is 12.1 Å². The third kappa shape index (κ3) is 2.81. The molecule has 0 aromatic rings. The van der Waals surface area contributed by atoms with E-state index >= 15 is 0 Å². The first kappa shape index (κ1) is 13.3. The highest BCUT2D eigenvalue weighted by molar-refractivity contribution is 5.89. The fourth-order valence-electron chi connectivity index (χ4n) is 2.50. The van der Waals surface area contributed by atoms with Crippen molar-refractivity contribution in [3.63, 3.8) is 0 Å². The molecular formula is C12H21N3O3. The van der Waals surface area contributed by atoms with Gasteiger partial charge >= 0.3 is 0 Å². The first-order chi connectivity index (χ1) is 8.61. The molecule has 6 nitrogen and oxygen atoms in total. The van der Waals surface area contributed by atoms with Crippen LogP contribution < -0.4 is 11.1 Å². The summed E-state index contributed by atoms with van der Waals surface area (Å²) in [6, 6.07) is -0.392. The summed E-state index contributed by atoms with van der Waals surface area (Å²) in [6.07, 6.45) is 2.66. The van der Waals surface area contributed by atoms with Gasteiger partial charge in [0.1, 0.15) is 12.1 Å². The Labute approximate surface area is 107 Å². The van der Waals surface area contributed by atoms with Gasteiger partial charge in [-0.25, -0.2) is 0 Å². The molecule has 0 bridgehead atoms. The standard InChI is InChI=1S/C12H21N3O3/c1-15-6-2-3-9(12(15)17)14-11(16)10-5-4-8(7-13)18-10/h8-10H,2-7,13H2,1H3,(H,14,16)/t8-,9?,10+/m1/s1. The van der Waals surface area contributed by atoms with Crippen LogP contribution in [0, 0.1) is 0 Å². The van der Waals surface area contributed by atoms with Crippen LogP contribution in [0.2, 0.25) is 0 Å². The number of carbonyl (C=O) groups excluding carboxylic acids is 2. The lowest BCUT2D eigenvalue weighted by Crippen LogP contribution is -2.52. The van der Waals surface area contributed by atoms with E-state index in [4.69, 9.17) is 10.5 Å². The molecule has 0 spiro atoms. The van der Waals surface area contributed by atoms with Crippen LogP contribution in [0.25, 0.3) is 0 Å². The Morgan fingerprint density at radius 1 is 1.50 bits per heavy atom. The second-order valence-corrected chi connectivity index (χ2v) is 5.02. The molecule has 0 aromatic carbocycles. The van der Waals surface area contributed by atoms with Gasteiger partial charge in [0, 0.05) is 20.1 Å². The largest absolute Gasteiger partial charge is 0.364 e. The summed E-state index contributed by atoms with van der Waals surface area (Å²) in [5.74, 6) is -0.192. The van der Waals surface area contributed by atoms with Crippen molar-refractivity contribution >= 4 is 11.8 Å². The SMILES string of the molecule is CN1CCCC(NC(=O)[C@@H]2CC[C@H](CN)O2)C1=O. The van der Waals surface area contributed by atoms with Crippen molar-refractivity contribution < 1.29 is 14.3 Å². The number of ether oxygens (including phenoxy) is 1. The van der Waals surface area contributed by atoms with Crippen molar-refractivity contribution in [2.24, 2.45) is 5.73 Å². The molecule has 2 fully saturated rings. The summed E-state index contributed by atoms with van der Waals surface area (Å²) < 4.78 is 5.51. The maximum Gasteiger partial charge on any atom is 0.249 e. The molecule has 2 aliphatic rings. The van der Waals surface area contributed by atoms with Crippen molar-refractivity contribution in [1.82, 2.24) is 10.2 Å². The van der Waals surface area contributed by atoms with E-state index in [1.54, 1.807) is 11.9 Å². The second kappa shape index (κ2) is 5.67. The average molecular weight is 255 g/mol. The average Bonchev–Trinajstić information content (AvgIpc) is 2.83. The number of amides is 2. The molecule has 3 N–H and O–H groups in total. The van der Waals surface area contributed by atoms with Gasteiger partial charge in [-0.05, 0) is 25.7 Å². The van der Waals surface area contributed by atoms with Crippen LogP contribution in [0.15, 0.2) is 0 Å². The van der Waals surface area contributed by atoms with Gasteiger partial charge in [-0.3, -0.25) is 9.59 Å². The first-order valence-corrected chi connectivity index (χ1v) is 6.52. The predicted molar refractivity (Wildman–Crippen MR) is 65.8 cm³/mol. The van der Waals surface area contributed by atoms with Gasteiger partial charge in [0.05, 0.1) is 6.10 Å². The molecular weight excluding hydrogens is 234 g/mol. The number of piperidine rings is 1. The van der Waals surface area contributed by atoms with Crippen LogP contribution in [0.4, 0.5) is 0 Å². The zero-order valence-electron chi connectivity index (χ0n) is 10.7. The number of nitrogens with one attached hydrogen (secondary N) is 1. The van der Waals surface area contributed by atoms with Crippen LogP contribution in [-0.4, -0.2) is 55.1 Å². The summed E-state index contributed by atoms with van der Waals surface area (Å²) in [6.45, 7) is 1.20. The molecule has 2 saturated heterocycles. The minimum atomic E-state index is -0.446. The van der Waals surface area contributed by atoms with E-state index in [9.17, 15) is 9.59 Å². The van der Waals surface area contributed by atoms with E-state index in [-0.39, 0.29) is 17.9 Å². The van der Waals surface area contributed by atoms with Gasteiger partial charge in [0.15, 0.2) is 0 Å². The van der Waals surface area contributed by atoms with Crippen LogP contribution in [0.5, 0.6) is 0 Å². The fourth-order valence-corrected chi connectivity index (χ4v) is 2.50. The number of nitrogens with two attached hydrogens (primary N) is 1. The van der Waals surface area contributed by atoms with Crippen LogP contribution in [-0.2, 0) is 14.3 Å². The third-order valence-corrected chi connectivity index (χ3v) is 3.64. The van der Waals surface area contributed by atoms with Gasteiger partial charge in [-0.2, -0.15) is 0 Å². The summed E-state index contributed by atoms with van der Waals surface area (Å²) in [4.78, 5) is 25.5. The number of rotatable bonds is 3. The monoisotopic (exact) mass is 255 g/mol. The Balaban J connectivity index is 1.85. The Bertz CT molecular complexity index is 335. The van der Waals surface area contributed by atoms with Crippen molar-refractivity contribution in [3.05, 3.63) is 0 Å². The number of nitrogens with zero attached hydrogens (tertiary/aromatic N) is 1. The van der Waals surface area contributed by atoms with Gasteiger partial charge in [0.2, 0.25) is 11.8 Å². The third-order valence-electron chi connectivity index (χ3n) is 3.64. The minimum absolute atomic E-state index is 0.0111. The number of carbonyl (C=O) groups is 2. The molecule has 102 valence electrons. The zero-order valence-corrected chi connectivity index (χ0v) is 10.7. The highest BCUT2D eigenvalue weighted by Crippen LogP contribution is 2.19. The number of likely N-dealkylation sites (tertiary alicyclic amines) is 1. The molecule has 0 radical (unpaired) electrons. The number of likely N-dealkylation sites (N-methyl/N-ethyl adjacent to an activating group) is 1. The highest BCUT2D eigenvalue weighted by Gasteiger charge is 2.34. The van der Waals surface area contributed by atoms with E-state index in [0.717, 1.165) is 19.4 Å². The lowest BCUT2D eigenvalue weighted by molar-refractivity contribution is -0.141. The highest BCUT2D eigenvalue weighted by atomic mass is 16.5.